The molecule has 57 heavy (non-hydrogen) atoms. The molecule has 338 valence electrons. The molecule has 0 rings (SSSR count). The summed E-state index contributed by atoms with van der Waals surface area (Å²) in [6.45, 7) is 8.99. The standard InChI is InChI=1S/C51H98O6/c1-5-7-9-11-13-14-15-16-17-18-19-20-24-27-31-35-39-43-50(53)56-46-48(45-55-49(52)42-38-34-29-12-10-8-6-2)57-51(54)44-40-36-32-28-25-22-21-23-26-30-33-37-41-47(3)4/h47-48H,5-46H2,1-4H3/t48-/m0/s1. The van der Waals surface area contributed by atoms with Crippen LogP contribution in [-0.2, 0) is 28.6 Å². The number of hydrogen-bond donors (Lipinski definition) is 0. The minimum Gasteiger partial charge on any atom is -0.462 e. The van der Waals surface area contributed by atoms with Crippen LogP contribution in [0.2, 0.25) is 0 Å². The van der Waals surface area contributed by atoms with E-state index in [1.165, 1.54) is 180 Å². The summed E-state index contributed by atoms with van der Waals surface area (Å²) >= 11 is 0. The van der Waals surface area contributed by atoms with Crippen LogP contribution < -0.4 is 0 Å². The zero-order valence-electron chi connectivity index (χ0n) is 38.8. The second-order valence-corrected chi connectivity index (χ2v) is 17.9. The van der Waals surface area contributed by atoms with Crippen molar-refractivity contribution in [3.05, 3.63) is 0 Å². The van der Waals surface area contributed by atoms with Gasteiger partial charge in [-0.05, 0) is 25.2 Å². The lowest BCUT2D eigenvalue weighted by molar-refractivity contribution is -0.167. The fraction of sp³-hybridized carbons (Fsp3) is 0.941. The lowest BCUT2D eigenvalue weighted by atomic mass is 10.0. The van der Waals surface area contributed by atoms with Crippen molar-refractivity contribution < 1.29 is 28.6 Å². The maximum atomic E-state index is 12.7. The average molecular weight is 807 g/mol. The zero-order valence-corrected chi connectivity index (χ0v) is 38.8. The summed E-state index contributed by atoms with van der Waals surface area (Å²) in [6.07, 6.45) is 46.7. The van der Waals surface area contributed by atoms with Gasteiger partial charge in [0.1, 0.15) is 13.2 Å². The lowest BCUT2D eigenvalue weighted by Crippen LogP contribution is -2.30. The first-order valence-corrected chi connectivity index (χ1v) is 25.4. The highest BCUT2D eigenvalue weighted by Crippen LogP contribution is 2.17. The maximum Gasteiger partial charge on any atom is 0.306 e. The Morgan fingerprint density at radius 3 is 0.860 bits per heavy atom. The van der Waals surface area contributed by atoms with E-state index in [4.69, 9.17) is 14.2 Å². The Kier molecular flexibility index (Phi) is 44.2. The quantitative estimate of drug-likeness (QED) is 0.0346. The Bertz CT molecular complexity index is 857. The van der Waals surface area contributed by atoms with E-state index in [-0.39, 0.29) is 31.1 Å². The molecular formula is C51H98O6. The Morgan fingerprint density at radius 1 is 0.333 bits per heavy atom. The molecule has 0 aliphatic carbocycles. The minimum absolute atomic E-state index is 0.0633. The van der Waals surface area contributed by atoms with Gasteiger partial charge in [-0.2, -0.15) is 0 Å². The molecule has 0 heterocycles. The van der Waals surface area contributed by atoms with Gasteiger partial charge < -0.3 is 14.2 Å². The lowest BCUT2D eigenvalue weighted by Gasteiger charge is -2.18. The van der Waals surface area contributed by atoms with E-state index in [1.807, 2.05) is 0 Å². The van der Waals surface area contributed by atoms with Gasteiger partial charge in [0, 0.05) is 19.3 Å². The van der Waals surface area contributed by atoms with Crippen LogP contribution in [0.3, 0.4) is 0 Å². The van der Waals surface area contributed by atoms with Gasteiger partial charge in [-0.1, -0.05) is 246 Å². The van der Waals surface area contributed by atoms with Gasteiger partial charge >= 0.3 is 17.9 Å². The minimum atomic E-state index is -0.759. The summed E-state index contributed by atoms with van der Waals surface area (Å²) in [5.74, 6) is -0.0206. The monoisotopic (exact) mass is 807 g/mol. The van der Waals surface area contributed by atoms with Crippen molar-refractivity contribution in [2.24, 2.45) is 5.92 Å². The first-order chi connectivity index (χ1) is 27.9. The van der Waals surface area contributed by atoms with Crippen molar-refractivity contribution in [2.45, 2.75) is 291 Å². The van der Waals surface area contributed by atoms with Crippen LogP contribution in [-0.4, -0.2) is 37.2 Å². The van der Waals surface area contributed by atoms with Crippen LogP contribution >= 0.6 is 0 Å². The summed E-state index contributed by atoms with van der Waals surface area (Å²) in [4.78, 5) is 37.7. The van der Waals surface area contributed by atoms with Crippen molar-refractivity contribution in [1.82, 2.24) is 0 Å². The topological polar surface area (TPSA) is 78.9 Å². The molecule has 0 bridgehead atoms. The molecule has 0 aromatic rings. The molecule has 0 radical (unpaired) electrons. The van der Waals surface area contributed by atoms with Crippen molar-refractivity contribution in [3.63, 3.8) is 0 Å². The molecule has 0 fully saturated rings. The van der Waals surface area contributed by atoms with Crippen molar-refractivity contribution >= 4 is 17.9 Å². The molecule has 0 saturated heterocycles. The predicted octanol–water partition coefficient (Wildman–Crippen LogP) is 16.3. The predicted molar refractivity (Wildman–Crippen MR) is 243 cm³/mol. The highest BCUT2D eigenvalue weighted by atomic mass is 16.6. The van der Waals surface area contributed by atoms with Crippen LogP contribution in [0.4, 0.5) is 0 Å². The van der Waals surface area contributed by atoms with Crippen molar-refractivity contribution in [3.8, 4) is 0 Å². The van der Waals surface area contributed by atoms with E-state index >= 15 is 0 Å². The normalized spacial score (nSPS) is 11.9. The van der Waals surface area contributed by atoms with E-state index < -0.39 is 6.10 Å². The SMILES string of the molecule is CCCCCCCCCCCCCCCCCCCC(=O)OC[C@H](COC(=O)CCCCCCCCC)OC(=O)CCCCCCCCCCCCCCC(C)C. The number of carbonyl (C=O) groups excluding carboxylic acids is 3. The highest BCUT2D eigenvalue weighted by Gasteiger charge is 2.19. The molecule has 0 aliphatic rings. The summed E-state index contributed by atoms with van der Waals surface area (Å²) in [5, 5.41) is 0. The van der Waals surface area contributed by atoms with Gasteiger partial charge in [0.05, 0.1) is 0 Å². The molecule has 0 saturated carbocycles. The molecule has 0 N–H and O–H groups in total. The third-order valence-electron chi connectivity index (χ3n) is 11.5. The summed E-state index contributed by atoms with van der Waals surface area (Å²) < 4.78 is 16.7. The molecule has 0 amide bonds. The Balaban J connectivity index is 4.20. The molecule has 0 aliphatic heterocycles. The number of ether oxygens (including phenoxy) is 3. The zero-order chi connectivity index (χ0) is 41.7. The summed E-state index contributed by atoms with van der Waals surface area (Å²) in [7, 11) is 0. The molecule has 1 atom stereocenters. The third-order valence-corrected chi connectivity index (χ3v) is 11.5. The van der Waals surface area contributed by atoms with E-state index in [0.29, 0.717) is 19.3 Å². The largest absolute Gasteiger partial charge is 0.462 e. The Labute approximate surface area is 355 Å². The summed E-state index contributed by atoms with van der Waals surface area (Å²) in [6, 6.07) is 0. The third kappa shape index (κ3) is 45.3. The van der Waals surface area contributed by atoms with Crippen LogP contribution in [0.15, 0.2) is 0 Å². The second-order valence-electron chi connectivity index (χ2n) is 17.9. The van der Waals surface area contributed by atoms with Crippen molar-refractivity contribution in [1.29, 1.82) is 0 Å². The molecule has 6 heteroatoms. The number of rotatable bonds is 46. The number of hydrogen-bond acceptors (Lipinski definition) is 6. The van der Waals surface area contributed by atoms with Crippen LogP contribution in [0.5, 0.6) is 0 Å². The molecule has 0 aromatic carbocycles. The van der Waals surface area contributed by atoms with E-state index in [2.05, 4.69) is 27.7 Å². The molecule has 0 unspecified atom stereocenters. The number of unbranched alkanes of at least 4 members (excludes halogenated alkanes) is 33. The van der Waals surface area contributed by atoms with Crippen LogP contribution in [0.25, 0.3) is 0 Å². The average Bonchev–Trinajstić information content (AvgIpc) is 3.19. The maximum absolute atomic E-state index is 12.7. The highest BCUT2D eigenvalue weighted by molar-refractivity contribution is 5.71. The van der Waals surface area contributed by atoms with Gasteiger partial charge in [0.2, 0.25) is 0 Å². The second kappa shape index (κ2) is 45.5. The number of esters is 3. The van der Waals surface area contributed by atoms with Crippen LogP contribution in [0, 0.1) is 5.92 Å². The first-order valence-electron chi connectivity index (χ1n) is 25.4. The van der Waals surface area contributed by atoms with Crippen molar-refractivity contribution in [2.75, 3.05) is 13.2 Å². The van der Waals surface area contributed by atoms with Gasteiger partial charge in [-0.15, -0.1) is 0 Å². The fourth-order valence-corrected chi connectivity index (χ4v) is 7.69. The molecule has 6 nitrogen and oxygen atoms in total. The van der Waals surface area contributed by atoms with Gasteiger partial charge in [0.25, 0.3) is 0 Å². The van der Waals surface area contributed by atoms with E-state index in [0.717, 1.165) is 63.7 Å². The van der Waals surface area contributed by atoms with Gasteiger partial charge in [-0.25, -0.2) is 0 Å². The molecule has 0 aromatic heterocycles. The summed E-state index contributed by atoms with van der Waals surface area (Å²) in [5.41, 5.74) is 0. The van der Waals surface area contributed by atoms with E-state index in [9.17, 15) is 14.4 Å². The molecular weight excluding hydrogens is 709 g/mol. The molecule has 0 spiro atoms. The fourth-order valence-electron chi connectivity index (χ4n) is 7.69. The van der Waals surface area contributed by atoms with Gasteiger partial charge in [0.15, 0.2) is 6.10 Å². The van der Waals surface area contributed by atoms with Gasteiger partial charge in [-0.3, -0.25) is 14.4 Å². The number of carbonyl (C=O) groups is 3. The first kappa shape index (κ1) is 55.4. The smallest absolute Gasteiger partial charge is 0.306 e. The van der Waals surface area contributed by atoms with Crippen LogP contribution in [0.1, 0.15) is 285 Å². The van der Waals surface area contributed by atoms with E-state index in [1.54, 1.807) is 0 Å². The Hall–Kier alpha value is -1.59. The Morgan fingerprint density at radius 2 is 0.579 bits per heavy atom.